The van der Waals surface area contributed by atoms with E-state index in [0.29, 0.717) is 0 Å². The number of fused-ring (bicyclic) bond motifs is 1. The molecule has 0 radical (unpaired) electrons. The van der Waals surface area contributed by atoms with E-state index in [4.69, 9.17) is 11.6 Å². The topological polar surface area (TPSA) is 0 Å². The van der Waals surface area contributed by atoms with Gasteiger partial charge in [0, 0.05) is 9.50 Å². The Hall–Kier alpha value is -0.530. The number of hydrogen-bond acceptors (Lipinski definition) is 0. The number of halogens is 2. The smallest absolute Gasteiger partial charge is 0.0423 e. The molecule has 2 rings (SSSR count). The van der Waals surface area contributed by atoms with Crippen LogP contribution in [0.5, 0.6) is 0 Å². The molecule has 2 aromatic carbocycles. The molecule has 0 N–H and O–H groups in total. The number of rotatable bonds is 0. The van der Waals surface area contributed by atoms with Gasteiger partial charge in [-0.1, -0.05) is 51.8 Å². The van der Waals surface area contributed by atoms with Crippen LogP contribution in [0.3, 0.4) is 0 Å². The summed E-state index contributed by atoms with van der Waals surface area (Å²) in [5, 5.41) is 3.12. The summed E-state index contributed by atoms with van der Waals surface area (Å²) in [6.45, 7) is 0. The molecule has 0 bridgehead atoms. The van der Waals surface area contributed by atoms with Gasteiger partial charge in [-0.05, 0) is 22.9 Å². The molecule has 0 spiro atoms. The first-order valence-corrected chi connectivity index (χ1v) is 4.78. The van der Waals surface area contributed by atoms with Crippen LogP contribution >= 0.6 is 27.5 Å². The molecule has 0 aliphatic carbocycles. The maximum absolute atomic E-state index is 5.89. The van der Waals surface area contributed by atoms with E-state index in [1.54, 1.807) is 0 Å². The predicted molar refractivity (Wildman–Crippen MR) is 56.7 cm³/mol. The summed E-state index contributed by atoms with van der Waals surface area (Å²) in [6, 6.07) is 12.0. The van der Waals surface area contributed by atoms with E-state index < -0.39 is 0 Å². The molecule has 2 heteroatoms. The van der Waals surface area contributed by atoms with Gasteiger partial charge in [-0.3, -0.25) is 0 Å². The van der Waals surface area contributed by atoms with E-state index in [1.165, 1.54) is 5.39 Å². The zero-order valence-electron chi connectivity index (χ0n) is 6.22. The molecular formula is C10H6BrCl. The molecule has 0 amide bonds. The molecule has 0 unspecified atom stereocenters. The maximum atomic E-state index is 5.89. The van der Waals surface area contributed by atoms with Gasteiger partial charge in [0.15, 0.2) is 0 Å². The van der Waals surface area contributed by atoms with E-state index in [1.807, 2.05) is 30.3 Å². The van der Waals surface area contributed by atoms with Gasteiger partial charge in [-0.2, -0.15) is 0 Å². The zero-order valence-corrected chi connectivity index (χ0v) is 8.56. The lowest BCUT2D eigenvalue weighted by molar-refractivity contribution is 1.71. The van der Waals surface area contributed by atoms with E-state index in [9.17, 15) is 0 Å². The lowest BCUT2D eigenvalue weighted by Crippen LogP contribution is -1.73. The van der Waals surface area contributed by atoms with Crippen molar-refractivity contribution in [3.8, 4) is 0 Å². The number of hydrogen-bond donors (Lipinski definition) is 0. The van der Waals surface area contributed by atoms with Gasteiger partial charge in [0.05, 0.1) is 0 Å². The summed E-state index contributed by atoms with van der Waals surface area (Å²) in [6.07, 6.45) is 0. The lowest BCUT2D eigenvalue weighted by atomic mass is 10.1. The Bertz CT molecular complexity index is 423. The number of benzene rings is 2. The first-order chi connectivity index (χ1) is 5.77. The Morgan fingerprint density at radius 3 is 2.67 bits per heavy atom. The highest BCUT2D eigenvalue weighted by molar-refractivity contribution is 9.10. The minimum Gasteiger partial charge on any atom is -0.0843 e. The van der Waals surface area contributed by atoms with Gasteiger partial charge in [-0.25, -0.2) is 0 Å². The standard InChI is InChI=1S/C10H6BrCl/c11-10-6-8(12)5-7-3-1-2-4-9(7)10/h1-6H. The van der Waals surface area contributed by atoms with Crippen LogP contribution in [0.25, 0.3) is 10.8 Å². The minimum atomic E-state index is 0.764. The Balaban J connectivity index is 2.89. The third-order valence-electron chi connectivity index (χ3n) is 1.78. The fourth-order valence-electron chi connectivity index (χ4n) is 1.23. The Morgan fingerprint density at radius 2 is 1.83 bits per heavy atom. The molecule has 0 saturated heterocycles. The van der Waals surface area contributed by atoms with Crippen molar-refractivity contribution in [1.29, 1.82) is 0 Å². The van der Waals surface area contributed by atoms with Crippen LogP contribution in [-0.2, 0) is 0 Å². The monoisotopic (exact) mass is 240 g/mol. The second kappa shape index (κ2) is 3.08. The Kier molecular flexibility index (Phi) is 2.07. The van der Waals surface area contributed by atoms with Crippen molar-refractivity contribution >= 4 is 38.3 Å². The van der Waals surface area contributed by atoms with Crippen LogP contribution in [0, 0.1) is 0 Å². The molecule has 0 heterocycles. The molecule has 0 aliphatic rings. The van der Waals surface area contributed by atoms with Crippen molar-refractivity contribution in [1.82, 2.24) is 0 Å². The van der Waals surface area contributed by atoms with Crippen LogP contribution in [0.2, 0.25) is 5.02 Å². The largest absolute Gasteiger partial charge is 0.0843 e. The summed E-state index contributed by atoms with van der Waals surface area (Å²) >= 11 is 9.36. The molecular weight excluding hydrogens is 235 g/mol. The van der Waals surface area contributed by atoms with Crippen molar-refractivity contribution in [2.45, 2.75) is 0 Å². The average Bonchev–Trinajstić information content (AvgIpc) is 2.04. The van der Waals surface area contributed by atoms with E-state index in [2.05, 4.69) is 22.0 Å². The summed E-state index contributed by atoms with van der Waals surface area (Å²) in [7, 11) is 0. The van der Waals surface area contributed by atoms with Gasteiger partial charge in [0.25, 0.3) is 0 Å². The normalized spacial score (nSPS) is 10.5. The molecule has 0 saturated carbocycles. The SMILES string of the molecule is Clc1cc(Br)c2ccccc2c1. The molecule has 0 aromatic heterocycles. The highest BCUT2D eigenvalue weighted by Gasteiger charge is 1.98. The minimum absolute atomic E-state index is 0.764. The van der Waals surface area contributed by atoms with Gasteiger partial charge >= 0.3 is 0 Å². The summed E-state index contributed by atoms with van der Waals surface area (Å²) in [4.78, 5) is 0. The maximum Gasteiger partial charge on any atom is 0.0423 e. The van der Waals surface area contributed by atoms with Crippen LogP contribution < -0.4 is 0 Å². The van der Waals surface area contributed by atoms with Gasteiger partial charge < -0.3 is 0 Å². The quantitative estimate of drug-likeness (QED) is 0.647. The first-order valence-electron chi connectivity index (χ1n) is 3.61. The Morgan fingerprint density at radius 1 is 1.08 bits per heavy atom. The molecule has 2 aromatic rings. The van der Waals surface area contributed by atoms with Crippen LogP contribution in [0.15, 0.2) is 40.9 Å². The molecule has 12 heavy (non-hydrogen) atoms. The average molecular weight is 242 g/mol. The highest BCUT2D eigenvalue weighted by Crippen LogP contribution is 2.27. The van der Waals surface area contributed by atoms with E-state index >= 15 is 0 Å². The predicted octanol–water partition coefficient (Wildman–Crippen LogP) is 4.26. The van der Waals surface area contributed by atoms with E-state index in [0.717, 1.165) is 14.9 Å². The van der Waals surface area contributed by atoms with Gasteiger partial charge in [0.2, 0.25) is 0 Å². The van der Waals surface area contributed by atoms with Crippen molar-refractivity contribution < 1.29 is 0 Å². The lowest BCUT2D eigenvalue weighted by Gasteiger charge is -2.00. The van der Waals surface area contributed by atoms with Gasteiger partial charge in [-0.15, -0.1) is 0 Å². The van der Waals surface area contributed by atoms with Crippen molar-refractivity contribution in [2.75, 3.05) is 0 Å². The second-order valence-electron chi connectivity index (χ2n) is 2.61. The van der Waals surface area contributed by atoms with E-state index in [-0.39, 0.29) is 0 Å². The summed E-state index contributed by atoms with van der Waals surface area (Å²) in [5.41, 5.74) is 0. The molecule has 60 valence electrons. The van der Waals surface area contributed by atoms with Crippen molar-refractivity contribution in [3.63, 3.8) is 0 Å². The summed E-state index contributed by atoms with van der Waals surface area (Å²) in [5.74, 6) is 0. The van der Waals surface area contributed by atoms with Crippen molar-refractivity contribution in [2.24, 2.45) is 0 Å². The third kappa shape index (κ3) is 1.35. The fraction of sp³-hybridized carbons (Fsp3) is 0. The summed E-state index contributed by atoms with van der Waals surface area (Å²) < 4.78 is 1.05. The molecule has 0 aliphatic heterocycles. The van der Waals surface area contributed by atoms with Crippen LogP contribution in [0.4, 0.5) is 0 Å². The second-order valence-corrected chi connectivity index (χ2v) is 3.90. The van der Waals surface area contributed by atoms with Crippen molar-refractivity contribution in [3.05, 3.63) is 45.9 Å². The van der Waals surface area contributed by atoms with Gasteiger partial charge in [0.1, 0.15) is 0 Å². The van der Waals surface area contributed by atoms with Crippen LogP contribution in [-0.4, -0.2) is 0 Å². The third-order valence-corrected chi connectivity index (χ3v) is 2.65. The highest BCUT2D eigenvalue weighted by atomic mass is 79.9. The Labute approximate surface area is 84.3 Å². The molecule has 0 nitrogen and oxygen atoms in total. The molecule has 0 atom stereocenters. The van der Waals surface area contributed by atoms with Crippen LogP contribution in [0.1, 0.15) is 0 Å². The zero-order chi connectivity index (χ0) is 8.55. The molecule has 0 fully saturated rings. The first kappa shape index (κ1) is 8.09. The fourth-order valence-corrected chi connectivity index (χ4v) is 2.20.